The number of tetrazole rings is 1. The van der Waals surface area contributed by atoms with Crippen LogP contribution < -0.4 is 5.69 Å². The second-order valence-corrected chi connectivity index (χ2v) is 3.21. The molecule has 14 heavy (non-hydrogen) atoms. The molecule has 6 heteroatoms. The molecule has 0 aliphatic carbocycles. The number of aromatic nitrogens is 4. The highest BCUT2D eigenvalue weighted by Gasteiger charge is 2.04. The molecule has 2 rings (SSSR count). The Hall–Kier alpha value is -1.62. The molecule has 0 fully saturated rings. The van der Waals surface area contributed by atoms with Gasteiger partial charge in [-0.15, -0.1) is 0 Å². The van der Waals surface area contributed by atoms with Gasteiger partial charge < -0.3 is 0 Å². The van der Waals surface area contributed by atoms with Gasteiger partial charge >= 0.3 is 5.69 Å². The van der Waals surface area contributed by atoms with Gasteiger partial charge in [0.2, 0.25) is 0 Å². The lowest BCUT2D eigenvalue weighted by Gasteiger charge is -1.96. The van der Waals surface area contributed by atoms with Gasteiger partial charge in [-0.05, 0) is 34.7 Å². The molecule has 0 saturated heterocycles. The van der Waals surface area contributed by atoms with Crippen molar-refractivity contribution >= 4 is 11.6 Å². The monoisotopic (exact) mass is 210 g/mol. The second-order valence-electron chi connectivity index (χ2n) is 2.77. The van der Waals surface area contributed by atoms with E-state index in [9.17, 15) is 4.79 Å². The summed E-state index contributed by atoms with van der Waals surface area (Å²) in [6.45, 7) is 0. The molecule has 0 amide bonds. The molecule has 0 N–H and O–H groups in total. The Morgan fingerprint density at radius 2 is 1.86 bits per heavy atom. The zero-order valence-corrected chi connectivity index (χ0v) is 8.14. The van der Waals surface area contributed by atoms with Gasteiger partial charge in [-0.3, -0.25) is 0 Å². The fraction of sp³-hybridized carbons (Fsp3) is 0.125. The summed E-state index contributed by atoms with van der Waals surface area (Å²) >= 11 is 5.72. The van der Waals surface area contributed by atoms with Crippen LogP contribution in [-0.4, -0.2) is 19.8 Å². The van der Waals surface area contributed by atoms with E-state index < -0.39 is 0 Å². The topological polar surface area (TPSA) is 52.7 Å². The number of nitrogens with zero attached hydrogens (tertiary/aromatic N) is 4. The van der Waals surface area contributed by atoms with Crippen molar-refractivity contribution in [2.24, 2.45) is 7.05 Å². The zero-order valence-electron chi connectivity index (χ0n) is 7.38. The maximum Gasteiger partial charge on any atom is 0.368 e. The van der Waals surface area contributed by atoms with Gasteiger partial charge in [0.1, 0.15) is 0 Å². The number of hydrogen-bond acceptors (Lipinski definition) is 3. The summed E-state index contributed by atoms with van der Waals surface area (Å²) in [5.41, 5.74) is 0.361. The fourth-order valence-corrected chi connectivity index (χ4v) is 1.18. The van der Waals surface area contributed by atoms with E-state index in [0.717, 1.165) is 4.68 Å². The lowest BCUT2D eigenvalue weighted by molar-refractivity contribution is 0.693. The molecule has 0 atom stereocenters. The molecule has 0 aliphatic heterocycles. The van der Waals surface area contributed by atoms with E-state index in [1.165, 1.54) is 4.68 Å². The first kappa shape index (κ1) is 8.96. The standard InChI is InChI=1S/C8H7ClN4O/c1-12-8(14)13(11-10-12)7-4-2-6(9)3-5-7/h2-5H,1H3. The number of benzene rings is 1. The van der Waals surface area contributed by atoms with Crippen LogP contribution in [0.5, 0.6) is 0 Å². The Labute approximate surface area is 84.5 Å². The van der Waals surface area contributed by atoms with Crippen LogP contribution in [0.3, 0.4) is 0 Å². The molecular formula is C8H7ClN4O. The summed E-state index contributed by atoms with van der Waals surface area (Å²) in [4.78, 5) is 11.4. The van der Waals surface area contributed by atoms with Gasteiger partial charge in [-0.25, -0.2) is 4.79 Å². The third kappa shape index (κ3) is 1.42. The lowest BCUT2D eigenvalue weighted by Crippen LogP contribution is -2.21. The van der Waals surface area contributed by atoms with Crippen LogP contribution in [0.4, 0.5) is 0 Å². The maximum absolute atomic E-state index is 11.4. The molecule has 0 bridgehead atoms. The third-order valence-electron chi connectivity index (χ3n) is 1.79. The predicted molar refractivity (Wildman–Crippen MR) is 51.6 cm³/mol. The molecule has 0 saturated carbocycles. The molecule has 0 radical (unpaired) electrons. The molecular weight excluding hydrogens is 204 g/mol. The van der Waals surface area contributed by atoms with Gasteiger partial charge in [0.25, 0.3) is 0 Å². The molecule has 1 aromatic heterocycles. The Balaban J connectivity index is 2.55. The van der Waals surface area contributed by atoms with Crippen molar-refractivity contribution in [3.8, 4) is 5.69 Å². The van der Waals surface area contributed by atoms with Crippen molar-refractivity contribution in [2.75, 3.05) is 0 Å². The summed E-state index contributed by atoms with van der Waals surface area (Å²) < 4.78 is 2.37. The minimum atomic E-state index is -0.285. The van der Waals surface area contributed by atoms with Crippen LogP contribution in [0.1, 0.15) is 0 Å². The van der Waals surface area contributed by atoms with Gasteiger partial charge in [-0.1, -0.05) is 11.6 Å². The first-order chi connectivity index (χ1) is 6.68. The van der Waals surface area contributed by atoms with E-state index in [1.807, 2.05) is 0 Å². The van der Waals surface area contributed by atoms with E-state index >= 15 is 0 Å². The van der Waals surface area contributed by atoms with E-state index in [0.29, 0.717) is 10.7 Å². The number of rotatable bonds is 1. The Morgan fingerprint density at radius 3 is 2.36 bits per heavy atom. The largest absolute Gasteiger partial charge is 0.368 e. The molecule has 1 aromatic carbocycles. The van der Waals surface area contributed by atoms with E-state index in [2.05, 4.69) is 10.4 Å². The normalized spacial score (nSPS) is 10.4. The van der Waals surface area contributed by atoms with Crippen LogP contribution in [0.15, 0.2) is 29.1 Å². The molecule has 5 nitrogen and oxygen atoms in total. The highest BCUT2D eigenvalue weighted by molar-refractivity contribution is 6.30. The third-order valence-corrected chi connectivity index (χ3v) is 2.04. The number of aryl methyl sites for hydroxylation is 1. The van der Waals surface area contributed by atoms with Gasteiger partial charge in [0, 0.05) is 12.1 Å². The summed E-state index contributed by atoms with van der Waals surface area (Å²) in [5.74, 6) is 0. The van der Waals surface area contributed by atoms with Crippen molar-refractivity contribution in [3.63, 3.8) is 0 Å². The minimum absolute atomic E-state index is 0.285. The van der Waals surface area contributed by atoms with Crippen LogP contribution in [-0.2, 0) is 7.05 Å². The molecule has 1 heterocycles. The lowest BCUT2D eigenvalue weighted by atomic mass is 10.3. The minimum Gasteiger partial charge on any atom is -0.244 e. The van der Waals surface area contributed by atoms with Crippen molar-refractivity contribution < 1.29 is 0 Å². The molecule has 0 spiro atoms. The Morgan fingerprint density at radius 1 is 1.21 bits per heavy atom. The van der Waals surface area contributed by atoms with Crippen molar-refractivity contribution in [2.45, 2.75) is 0 Å². The van der Waals surface area contributed by atoms with Crippen molar-refractivity contribution in [3.05, 3.63) is 39.8 Å². The Bertz CT molecular complexity index is 499. The summed E-state index contributed by atoms with van der Waals surface area (Å²) in [5, 5.41) is 7.90. The van der Waals surface area contributed by atoms with Crippen LogP contribution >= 0.6 is 11.6 Å². The summed E-state index contributed by atoms with van der Waals surface area (Å²) in [6, 6.07) is 6.80. The van der Waals surface area contributed by atoms with E-state index in [4.69, 9.17) is 11.6 Å². The van der Waals surface area contributed by atoms with Crippen LogP contribution in [0, 0.1) is 0 Å². The van der Waals surface area contributed by atoms with Crippen LogP contribution in [0.2, 0.25) is 5.02 Å². The molecule has 72 valence electrons. The smallest absolute Gasteiger partial charge is 0.244 e. The quantitative estimate of drug-likeness (QED) is 0.694. The predicted octanol–water partition coefficient (Wildman–Crippen LogP) is 0.619. The van der Waals surface area contributed by atoms with E-state index in [1.54, 1.807) is 31.3 Å². The molecule has 2 aromatic rings. The molecule has 0 unspecified atom stereocenters. The second kappa shape index (κ2) is 3.26. The van der Waals surface area contributed by atoms with Crippen LogP contribution in [0.25, 0.3) is 5.69 Å². The Kier molecular flexibility index (Phi) is 2.09. The average molecular weight is 211 g/mol. The van der Waals surface area contributed by atoms with Gasteiger partial charge in [0.05, 0.1) is 5.69 Å². The number of hydrogen-bond donors (Lipinski definition) is 0. The highest BCUT2D eigenvalue weighted by Crippen LogP contribution is 2.10. The van der Waals surface area contributed by atoms with Crippen molar-refractivity contribution in [1.82, 2.24) is 19.8 Å². The average Bonchev–Trinajstić information content (AvgIpc) is 2.50. The number of halogens is 1. The first-order valence-corrected chi connectivity index (χ1v) is 4.31. The van der Waals surface area contributed by atoms with Gasteiger partial charge in [0.15, 0.2) is 0 Å². The van der Waals surface area contributed by atoms with Crippen molar-refractivity contribution in [1.29, 1.82) is 0 Å². The molecule has 0 aliphatic rings. The first-order valence-electron chi connectivity index (χ1n) is 3.93. The maximum atomic E-state index is 11.4. The zero-order chi connectivity index (χ0) is 10.1. The van der Waals surface area contributed by atoms with Gasteiger partial charge in [-0.2, -0.15) is 9.36 Å². The summed E-state index contributed by atoms with van der Waals surface area (Å²) in [7, 11) is 1.54. The van der Waals surface area contributed by atoms with E-state index in [-0.39, 0.29) is 5.69 Å². The highest BCUT2D eigenvalue weighted by atomic mass is 35.5. The SMILES string of the molecule is Cn1nnn(-c2ccc(Cl)cc2)c1=O. The summed E-state index contributed by atoms with van der Waals surface area (Å²) in [6.07, 6.45) is 0. The fourth-order valence-electron chi connectivity index (χ4n) is 1.06.